The molecule has 0 spiro atoms. The van der Waals surface area contributed by atoms with Crippen LogP contribution in [0, 0.1) is 0 Å². The van der Waals surface area contributed by atoms with E-state index in [4.69, 9.17) is 0 Å². The summed E-state index contributed by atoms with van der Waals surface area (Å²) in [7, 11) is 0. The first-order valence-corrected chi connectivity index (χ1v) is 7.30. The van der Waals surface area contributed by atoms with Crippen molar-refractivity contribution >= 4 is 11.7 Å². The SMILES string of the molecule is CCCCC(CC)(CC)NC(=O)Nc1ccccc1. The highest BCUT2D eigenvalue weighted by Crippen LogP contribution is 2.22. The van der Waals surface area contributed by atoms with Crippen molar-refractivity contribution in [3.63, 3.8) is 0 Å². The zero-order chi connectivity index (χ0) is 14.1. The second-order valence-corrected chi connectivity index (χ2v) is 5.04. The van der Waals surface area contributed by atoms with Gasteiger partial charge in [-0.25, -0.2) is 4.79 Å². The molecule has 0 fully saturated rings. The van der Waals surface area contributed by atoms with Gasteiger partial charge in [-0.05, 0) is 31.4 Å². The summed E-state index contributed by atoms with van der Waals surface area (Å²) in [5, 5.41) is 6.06. The predicted octanol–water partition coefficient (Wildman–Crippen LogP) is 4.56. The molecule has 1 aromatic rings. The summed E-state index contributed by atoms with van der Waals surface area (Å²) < 4.78 is 0. The van der Waals surface area contributed by atoms with Crippen LogP contribution in [0.3, 0.4) is 0 Å². The zero-order valence-electron chi connectivity index (χ0n) is 12.3. The van der Waals surface area contributed by atoms with Gasteiger partial charge in [0.25, 0.3) is 0 Å². The minimum Gasteiger partial charge on any atom is -0.332 e. The van der Waals surface area contributed by atoms with Crippen molar-refractivity contribution in [2.24, 2.45) is 0 Å². The van der Waals surface area contributed by atoms with Gasteiger partial charge in [0.15, 0.2) is 0 Å². The molecule has 0 aliphatic rings. The van der Waals surface area contributed by atoms with E-state index in [1.165, 1.54) is 0 Å². The van der Waals surface area contributed by atoms with Crippen LogP contribution in [0.4, 0.5) is 10.5 Å². The van der Waals surface area contributed by atoms with Crippen LogP contribution in [-0.2, 0) is 0 Å². The van der Waals surface area contributed by atoms with Crippen LogP contribution < -0.4 is 10.6 Å². The van der Waals surface area contributed by atoms with E-state index in [0.29, 0.717) is 0 Å². The Kier molecular flexibility index (Phi) is 6.40. The lowest BCUT2D eigenvalue weighted by Gasteiger charge is -2.33. The topological polar surface area (TPSA) is 41.1 Å². The molecule has 0 heterocycles. The third-order valence-corrected chi connectivity index (χ3v) is 3.77. The Bertz CT molecular complexity index is 372. The monoisotopic (exact) mass is 262 g/mol. The van der Waals surface area contributed by atoms with Gasteiger partial charge in [-0.15, -0.1) is 0 Å². The fourth-order valence-corrected chi connectivity index (χ4v) is 2.28. The van der Waals surface area contributed by atoms with Gasteiger partial charge >= 0.3 is 6.03 Å². The molecule has 0 unspecified atom stereocenters. The summed E-state index contributed by atoms with van der Waals surface area (Å²) in [5.74, 6) is 0. The van der Waals surface area contributed by atoms with E-state index >= 15 is 0 Å². The molecule has 106 valence electrons. The summed E-state index contributed by atoms with van der Waals surface area (Å²) >= 11 is 0. The molecule has 0 radical (unpaired) electrons. The summed E-state index contributed by atoms with van der Waals surface area (Å²) in [6.45, 7) is 6.46. The maximum absolute atomic E-state index is 12.1. The fraction of sp³-hybridized carbons (Fsp3) is 0.562. The van der Waals surface area contributed by atoms with Gasteiger partial charge in [0, 0.05) is 11.2 Å². The maximum atomic E-state index is 12.1. The molecule has 1 aromatic carbocycles. The molecule has 0 atom stereocenters. The van der Waals surface area contributed by atoms with Crippen LogP contribution in [0.25, 0.3) is 0 Å². The number of unbranched alkanes of at least 4 members (excludes halogenated alkanes) is 1. The van der Waals surface area contributed by atoms with E-state index < -0.39 is 0 Å². The normalized spacial score (nSPS) is 11.1. The lowest BCUT2D eigenvalue weighted by Crippen LogP contribution is -2.49. The number of nitrogens with one attached hydrogen (secondary N) is 2. The molecule has 0 aliphatic heterocycles. The van der Waals surface area contributed by atoms with Crippen LogP contribution in [0.15, 0.2) is 30.3 Å². The molecule has 3 nitrogen and oxygen atoms in total. The number of anilines is 1. The maximum Gasteiger partial charge on any atom is 0.319 e. The number of hydrogen-bond donors (Lipinski definition) is 2. The van der Waals surface area contributed by atoms with E-state index in [1.54, 1.807) is 0 Å². The average molecular weight is 262 g/mol. The van der Waals surface area contributed by atoms with Crippen molar-refractivity contribution < 1.29 is 4.79 Å². The highest BCUT2D eigenvalue weighted by Gasteiger charge is 2.27. The third-order valence-electron chi connectivity index (χ3n) is 3.77. The van der Waals surface area contributed by atoms with E-state index in [-0.39, 0.29) is 11.6 Å². The second-order valence-electron chi connectivity index (χ2n) is 5.04. The van der Waals surface area contributed by atoms with Crippen molar-refractivity contribution in [1.82, 2.24) is 5.32 Å². The lowest BCUT2D eigenvalue weighted by molar-refractivity contribution is 0.225. The number of rotatable bonds is 7. The molecule has 2 amide bonds. The number of carbonyl (C=O) groups is 1. The van der Waals surface area contributed by atoms with Crippen molar-refractivity contribution in [2.75, 3.05) is 5.32 Å². The molecule has 3 heteroatoms. The van der Waals surface area contributed by atoms with Gasteiger partial charge < -0.3 is 10.6 Å². The van der Waals surface area contributed by atoms with E-state index in [9.17, 15) is 4.79 Å². The Labute approximate surface area is 116 Å². The lowest BCUT2D eigenvalue weighted by atomic mass is 9.87. The van der Waals surface area contributed by atoms with Crippen LogP contribution in [-0.4, -0.2) is 11.6 Å². The minimum absolute atomic E-state index is 0.0745. The first kappa shape index (κ1) is 15.5. The molecule has 0 bridgehead atoms. The van der Waals surface area contributed by atoms with Crippen molar-refractivity contribution in [3.05, 3.63) is 30.3 Å². The van der Waals surface area contributed by atoms with Gasteiger partial charge in [-0.2, -0.15) is 0 Å². The standard InChI is InChI=1S/C16H26N2O/c1-4-7-13-16(5-2,6-3)18-15(19)17-14-11-9-8-10-12-14/h8-12H,4-7,13H2,1-3H3,(H2,17,18,19). The Morgan fingerprint density at radius 3 is 2.26 bits per heavy atom. The molecule has 19 heavy (non-hydrogen) atoms. The van der Waals surface area contributed by atoms with Gasteiger partial charge in [-0.1, -0.05) is 51.8 Å². The number of benzene rings is 1. The van der Waals surface area contributed by atoms with Gasteiger partial charge in [0.1, 0.15) is 0 Å². The molecule has 0 saturated carbocycles. The number of amides is 2. The summed E-state index contributed by atoms with van der Waals surface area (Å²) in [6.07, 6.45) is 5.27. The summed E-state index contributed by atoms with van der Waals surface area (Å²) in [6, 6.07) is 9.45. The van der Waals surface area contributed by atoms with Gasteiger partial charge in [-0.3, -0.25) is 0 Å². The van der Waals surface area contributed by atoms with Crippen LogP contribution >= 0.6 is 0 Å². The van der Waals surface area contributed by atoms with Crippen LogP contribution in [0.5, 0.6) is 0 Å². The summed E-state index contributed by atoms with van der Waals surface area (Å²) in [4.78, 5) is 12.1. The number of carbonyl (C=O) groups excluding carboxylic acids is 1. The van der Waals surface area contributed by atoms with E-state index in [0.717, 1.165) is 37.8 Å². The average Bonchev–Trinajstić information content (AvgIpc) is 2.44. The number of urea groups is 1. The molecule has 0 saturated heterocycles. The number of hydrogen-bond acceptors (Lipinski definition) is 1. The third kappa shape index (κ3) is 4.93. The van der Waals surface area contributed by atoms with Gasteiger partial charge in [0.05, 0.1) is 0 Å². The molecular formula is C16H26N2O. The molecule has 0 aliphatic carbocycles. The quantitative estimate of drug-likeness (QED) is 0.743. The van der Waals surface area contributed by atoms with Crippen molar-refractivity contribution in [2.45, 2.75) is 58.4 Å². The zero-order valence-corrected chi connectivity index (χ0v) is 12.3. The highest BCUT2D eigenvalue weighted by atomic mass is 16.2. The van der Waals surface area contributed by atoms with Crippen molar-refractivity contribution in [1.29, 1.82) is 0 Å². The highest BCUT2D eigenvalue weighted by molar-refractivity contribution is 5.89. The van der Waals surface area contributed by atoms with Crippen LogP contribution in [0.1, 0.15) is 52.9 Å². The first-order valence-electron chi connectivity index (χ1n) is 7.30. The molecule has 0 aromatic heterocycles. The molecule has 2 N–H and O–H groups in total. The predicted molar refractivity (Wildman–Crippen MR) is 81.4 cm³/mol. The first-order chi connectivity index (χ1) is 9.15. The second kappa shape index (κ2) is 7.82. The largest absolute Gasteiger partial charge is 0.332 e. The van der Waals surface area contributed by atoms with E-state index in [1.807, 2.05) is 30.3 Å². The Balaban J connectivity index is 2.61. The molecule has 1 rings (SSSR count). The van der Waals surface area contributed by atoms with Crippen molar-refractivity contribution in [3.8, 4) is 0 Å². The van der Waals surface area contributed by atoms with E-state index in [2.05, 4.69) is 31.4 Å². The van der Waals surface area contributed by atoms with Gasteiger partial charge in [0.2, 0.25) is 0 Å². The fourth-order valence-electron chi connectivity index (χ4n) is 2.28. The smallest absolute Gasteiger partial charge is 0.319 e. The Morgan fingerprint density at radius 2 is 1.74 bits per heavy atom. The Hall–Kier alpha value is -1.51. The Morgan fingerprint density at radius 1 is 1.11 bits per heavy atom. The minimum atomic E-state index is -0.106. The molecular weight excluding hydrogens is 236 g/mol. The van der Waals surface area contributed by atoms with Crippen LogP contribution in [0.2, 0.25) is 0 Å². The number of para-hydroxylation sites is 1. The summed E-state index contributed by atoms with van der Waals surface area (Å²) in [5.41, 5.74) is 0.756.